The lowest BCUT2D eigenvalue weighted by atomic mass is 10.2. The molecule has 0 aliphatic heterocycles. The summed E-state index contributed by atoms with van der Waals surface area (Å²) in [7, 11) is 1.59. The summed E-state index contributed by atoms with van der Waals surface area (Å²) < 4.78 is 15.7. The van der Waals surface area contributed by atoms with Gasteiger partial charge in [0.2, 0.25) is 0 Å². The molecule has 0 aliphatic rings. The average molecular weight is 404 g/mol. The highest BCUT2D eigenvalue weighted by Crippen LogP contribution is 2.15. The maximum Gasteiger partial charge on any atom is 0.345 e. The van der Waals surface area contributed by atoms with Crippen LogP contribution < -0.4 is 16.3 Å². The lowest BCUT2D eigenvalue weighted by Gasteiger charge is -2.07. The van der Waals surface area contributed by atoms with Crippen LogP contribution >= 0.6 is 11.6 Å². The molecule has 2 aromatic carbocycles. The van der Waals surface area contributed by atoms with Gasteiger partial charge in [-0.05, 0) is 42.0 Å². The fourth-order valence-electron chi connectivity index (χ4n) is 2.61. The molecule has 28 heavy (non-hydrogen) atoms. The molecule has 0 radical (unpaired) electrons. The van der Waals surface area contributed by atoms with Crippen LogP contribution in [0.2, 0.25) is 5.02 Å². The summed E-state index contributed by atoms with van der Waals surface area (Å²) >= 11 is 5.82. The fourth-order valence-corrected chi connectivity index (χ4v) is 2.73. The third kappa shape index (κ3) is 4.77. The van der Waals surface area contributed by atoms with Gasteiger partial charge in [0.05, 0.1) is 6.54 Å². The van der Waals surface area contributed by atoms with Crippen molar-refractivity contribution in [1.29, 1.82) is 0 Å². The molecule has 0 atom stereocenters. The number of benzene rings is 2. The van der Waals surface area contributed by atoms with E-state index in [1.54, 1.807) is 31.3 Å². The number of nitrogens with one attached hydrogen (secondary N) is 2. The number of rotatable bonds is 6. The lowest BCUT2D eigenvalue weighted by Crippen LogP contribution is -2.38. The summed E-state index contributed by atoms with van der Waals surface area (Å²) in [6, 6.07) is 12.5. The minimum absolute atomic E-state index is 0.211. The highest BCUT2D eigenvalue weighted by Gasteiger charge is 2.12. The van der Waals surface area contributed by atoms with E-state index in [0.29, 0.717) is 23.0 Å². The van der Waals surface area contributed by atoms with Crippen molar-refractivity contribution in [2.24, 2.45) is 7.05 Å². The molecule has 0 saturated carbocycles. The number of aromatic nitrogens is 3. The van der Waals surface area contributed by atoms with Gasteiger partial charge in [0.25, 0.3) is 0 Å². The predicted molar refractivity (Wildman–Crippen MR) is 105 cm³/mol. The van der Waals surface area contributed by atoms with Crippen molar-refractivity contribution < 1.29 is 9.18 Å². The van der Waals surface area contributed by atoms with Crippen molar-refractivity contribution in [2.45, 2.75) is 13.1 Å². The van der Waals surface area contributed by atoms with E-state index >= 15 is 0 Å². The Labute approximate surface area is 165 Å². The molecule has 3 aromatic rings. The lowest BCUT2D eigenvalue weighted by molar-refractivity contribution is 0.240. The molecular weight excluding hydrogens is 385 g/mol. The monoisotopic (exact) mass is 403 g/mol. The van der Waals surface area contributed by atoms with Gasteiger partial charge in [0, 0.05) is 30.7 Å². The molecule has 2 amide bonds. The quantitative estimate of drug-likeness (QED) is 0.663. The molecule has 7 nitrogen and oxygen atoms in total. The van der Waals surface area contributed by atoms with E-state index in [1.165, 1.54) is 21.4 Å². The molecule has 3 rings (SSSR count). The molecule has 0 aliphatic carbocycles. The van der Waals surface area contributed by atoms with Crippen LogP contribution in [0.1, 0.15) is 5.56 Å². The number of halogens is 2. The first-order chi connectivity index (χ1) is 13.4. The largest absolute Gasteiger partial charge is 0.345 e. The number of hydrogen-bond acceptors (Lipinski definition) is 3. The zero-order valence-electron chi connectivity index (χ0n) is 15.2. The molecule has 1 heterocycles. The van der Waals surface area contributed by atoms with Crippen LogP contribution in [0.3, 0.4) is 0 Å². The van der Waals surface area contributed by atoms with Crippen LogP contribution in [-0.4, -0.2) is 26.9 Å². The normalized spacial score (nSPS) is 10.7. The third-order valence-corrected chi connectivity index (χ3v) is 4.37. The molecule has 2 N–H and O–H groups in total. The van der Waals surface area contributed by atoms with Crippen molar-refractivity contribution >= 4 is 17.6 Å². The zero-order chi connectivity index (χ0) is 20.1. The van der Waals surface area contributed by atoms with Gasteiger partial charge in [-0.25, -0.2) is 18.7 Å². The summed E-state index contributed by atoms with van der Waals surface area (Å²) in [4.78, 5) is 24.2. The fraction of sp³-hybridized carbons (Fsp3) is 0.211. The number of nitrogens with zero attached hydrogens (tertiary/aromatic N) is 3. The van der Waals surface area contributed by atoms with Gasteiger partial charge >= 0.3 is 11.7 Å². The molecule has 1 aromatic heterocycles. The summed E-state index contributed by atoms with van der Waals surface area (Å²) in [5.41, 5.74) is 1.24. The van der Waals surface area contributed by atoms with E-state index in [1.807, 2.05) is 12.1 Å². The highest BCUT2D eigenvalue weighted by atomic mass is 35.5. The van der Waals surface area contributed by atoms with Gasteiger partial charge in [-0.1, -0.05) is 23.7 Å². The van der Waals surface area contributed by atoms with E-state index in [-0.39, 0.29) is 30.6 Å². The van der Waals surface area contributed by atoms with Crippen molar-refractivity contribution in [3.8, 4) is 11.4 Å². The summed E-state index contributed by atoms with van der Waals surface area (Å²) in [5, 5.41) is 10.3. The van der Waals surface area contributed by atoms with Crippen molar-refractivity contribution in [2.75, 3.05) is 6.54 Å². The average Bonchev–Trinajstić information content (AvgIpc) is 2.97. The second-order valence-corrected chi connectivity index (χ2v) is 6.57. The minimum atomic E-state index is -0.359. The van der Waals surface area contributed by atoms with E-state index < -0.39 is 0 Å². The van der Waals surface area contributed by atoms with E-state index in [9.17, 15) is 14.0 Å². The van der Waals surface area contributed by atoms with Gasteiger partial charge in [-0.2, -0.15) is 0 Å². The summed E-state index contributed by atoms with van der Waals surface area (Å²) in [5.74, 6) is 0.0687. The topological polar surface area (TPSA) is 81.0 Å². The second kappa shape index (κ2) is 8.71. The number of carbonyl (C=O) groups is 1. The van der Waals surface area contributed by atoms with E-state index in [2.05, 4.69) is 15.7 Å². The maximum absolute atomic E-state index is 13.1. The van der Waals surface area contributed by atoms with Crippen molar-refractivity contribution in [3.63, 3.8) is 0 Å². The van der Waals surface area contributed by atoms with Gasteiger partial charge in [-0.3, -0.25) is 4.57 Å². The Hall–Kier alpha value is -3.13. The van der Waals surface area contributed by atoms with Crippen molar-refractivity contribution in [3.05, 3.63) is 75.4 Å². The highest BCUT2D eigenvalue weighted by molar-refractivity contribution is 6.30. The third-order valence-electron chi connectivity index (χ3n) is 4.12. The molecule has 0 fully saturated rings. The van der Waals surface area contributed by atoms with Gasteiger partial charge < -0.3 is 10.6 Å². The summed E-state index contributed by atoms with van der Waals surface area (Å²) in [6.45, 7) is 0.801. The molecule has 146 valence electrons. The van der Waals surface area contributed by atoms with Crippen LogP contribution in [0.25, 0.3) is 11.4 Å². The Kier molecular flexibility index (Phi) is 6.10. The van der Waals surface area contributed by atoms with Gasteiger partial charge in [-0.15, -0.1) is 5.10 Å². The Morgan fingerprint density at radius 3 is 2.46 bits per heavy atom. The Morgan fingerprint density at radius 1 is 1.11 bits per heavy atom. The number of amides is 2. The second-order valence-electron chi connectivity index (χ2n) is 6.13. The van der Waals surface area contributed by atoms with Gasteiger partial charge in [0.1, 0.15) is 5.82 Å². The molecule has 0 unspecified atom stereocenters. The van der Waals surface area contributed by atoms with Gasteiger partial charge in [0.15, 0.2) is 5.82 Å². The first kappa shape index (κ1) is 19.6. The number of urea groups is 1. The minimum Gasteiger partial charge on any atom is -0.336 e. The molecular formula is C19H19ClFN5O2. The molecule has 0 spiro atoms. The molecule has 0 saturated heterocycles. The number of carbonyl (C=O) groups excluding carboxylic acids is 1. The Balaban J connectivity index is 1.54. The van der Waals surface area contributed by atoms with Crippen molar-refractivity contribution in [1.82, 2.24) is 25.0 Å². The SMILES string of the molecule is Cn1c(-c2ccc(F)cc2)nn(CCNC(=O)NCc2ccc(Cl)cc2)c1=O. The van der Waals surface area contributed by atoms with Crippen LogP contribution in [0.15, 0.2) is 53.3 Å². The van der Waals surface area contributed by atoms with Crippen LogP contribution in [0.5, 0.6) is 0 Å². The van der Waals surface area contributed by atoms with Crippen LogP contribution in [0.4, 0.5) is 9.18 Å². The van der Waals surface area contributed by atoms with E-state index in [4.69, 9.17) is 11.6 Å². The standard InChI is InChI=1S/C19H19ClFN5O2/c1-25-17(14-4-8-16(21)9-5-14)24-26(19(25)28)11-10-22-18(27)23-12-13-2-6-15(20)7-3-13/h2-9H,10-12H2,1H3,(H2,22,23,27). The summed E-state index contributed by atoms with van der Waals surface area (Å²) in [6.07, 6.45) is 0. The molecule has 0 bridgehead atoms. The number of hydrogen-bond donors (Lipinski definition) is 2. The van der Waals surface area contributed by atoms with E-state index in [0.717, 1.165) is 5.56 Å². The predicted octanol–water partition coefficient (Wildman–Crippen LogP) is 2.54. The van der Waals surface area contributed by atoms with Crippen LogP contribution in [-0.2, 0) is 20.1 Å². The Morgan fingerprint density at radius 2 is 1.79 bits per heavy atom. The smallest absolute Gasteiger partial charge is 0.336 e. The first-order valence-corrected chi connectivity index (χ1v) is 8.98. The Bertz CT molecular complexity index is 1010. The molecule has 9 heteroatoms. The van der Waals surface area contributed by atoms with Crippen LogP contribution in [0, 0.1) is 5.82 Å². The zero-order valence-corrected chi connectivity index (χ0v) is 15.9. The first-order valence-electron chi connectivity index (χ1n) is 8.60. The maximum atomic E-state index is 13.1.